The monoisotopic (exact) mass is 556 g/mol. The molecule has 0 spiro atoms. The fourth-order valence-corrected chi connectivity index (χ4v) is 5.43. The molecule has 1 aliphatic heterocycles. The Hall–Kier alpha value is -3.95. The van der Waals surface area contributed by atoms with Crippen LogP contribution in [0.5, 0.6) is 5.75 Å². The van der Waals surface area contributed by atoms with Crippen molar-refractivity contribution in [3.63, 3.8) is 0 Å². The highest BCUT2D eigenvalue weighted by Crippen LogP contribution is 2.30. The van der Waals surface area contributed by atoms with Gasteiger partial charge in [-0.05, 0) is 80.2 Å². The molecule has 9 heteroatoms. The lowest BCUT2D eigenvalue weighted by Gasteiger charge is -2.32. The lowest BCUT2D eigenvalue weighted by molar-refractivity contribution is 0.182. The first-order valence-electron chi connectivity index (χ1n) is 13.7. The molecule has 4 aromatic rings. The summed E-state index contributed by atoms with van der Waals surface area (Å²) in [6, 6.07) is 25.6. The predicted octanol–water partition coefficient (Wildman–Crippen LogP) is 6.21. The minimum Gasteiger partial charge on any atom is -0.494 e. The van der Waals surface area contributed by atoms with Crippen molar-refractivity contribution < 1.29 is 8.95 Å². The first-order valence-corrected chi connectivity index (χ1v) is 15.0. The Labute approximate surface area is 237 Å². The molecule has 1 unspecified atom stereocenters. The molecule has 1 fully saturated rings. The summed E-state index contributed by atoms with van der Waals surface area (Å²) in [7, 11) is -2.17. The summed E-state index contributed by atoms with van der Waals surface area (Å²) < 4.78 is 24.8. The molecule has 0 radical (unpaired) electrons. The topological polar surface area (TPSA) is 103 Å². The van der Waals surface area contributed by atoms with Crippen LogP contribution in [0, 0.1) is 10.7 Å². The molecule has 2 heterocycles. The maximum atomic E-state index is 11.7. The van der Waals surface area contributed by atoms with Crippen molar-refractivity contribution in [3.05, 3.63) is 90.6 Å². The maximum Gasteiger partial charge on any atom is 0.229 e. The van der Waals surface area contributed by atoms with E-state index >= 15 is 0 Å². The van der Waals surface area contributed by atoms with Gasteiger partial charge in [0.25, 0.3) is 0 Å². The quantitative estimate of drug-likeness (QED) is 0.163. The third-order valence-electron chi connectivity index (χ3n) is 7.12. The second-order valence-electron chi connectivity index (χ2n) is 9.97. The number of thiol groups is 1. The van der Waals surface area contributed by atoms with Gasteiger partial charge in [0.05, 0.1) is 17.2 Å². The molecule has 1 atom stereocenters. The largest absolute Gasteiger partial charge is 0.494 e. The van der Waals surface area contributed by atoms with Crippen LogP contribution in [-0.2, 0) is 17.1 Å². The number of piperidine rings is 1. The zero-order chi connectivity index (χ0) is 27.7. The molecule has 3 aromatic carbocycles. The maximum absolute atomic E-state index is 11.7. The van der Waals surface area contributed by atoms with Crippen molar-refractivity contribution in [2.75, 3.05) is 36.9 Å². The van der Waals surface area contributed by atoms with Gasteiger partial charge in [-0.3, -0.25) is 9.68 Å². The number of benzene rings is 3. The third kappa shape index (κ3) is 7.37. The summed E-state index contributed by atoms with van der Waals surface area (Å²) in [4.78, 5) is 12.4. The van der Waals surface area contributed by atoms with Crippen molar-refractivity contribution in [2.45, 2.75) is 31.2 Å². The van der Waals surface area contributed by atoms with E-state index in [1.165, 1.54) is 5.56 Å². The van der Waals surface area contributed by atoms with Gasteiger partial charge < -0.3 is 15.4 Å². The van der Waals surface area contributed by atoms with Crippen molar-refractivity contribution in [1.82, 2.24) is 14.9 Å². The summed E-state index contributed by atoms with van der Waals surface area (Å²) in [6.45, 7) is 6.58. The lowest BCUT2D eigenvalue weighted by atomic mass is 9.96. The van der Waals surface area contributed by atoms with Crippen molar-refractivity contribution >= 4 is 28.0 Å². The van der Waals surface area contributed by atoms with Crippen LogP contribution in [0.4, 0.5) is 17.5 Å². The molecule has 0 saturated carbocycles. The summed E-state index contributed by atoms with van der Waals surface area (Å²) in [5.74, 6) is 2.58. The second kappa shape index (κ2) is 13.4. The molecule has 5 rings (SSSR count). The number of rotatable bonds is 11. The number of nitrogens with zero attached hydrogens (tertiary/aromatic N) is 3. The van der Waals surface area contributed by atoms with E-state index in [9.17, 15) is 4.21 Å². The Bertz CT molecular complexity index is 1460. The molecule has 1 saturated heterocycles. The van der Waals surface area contributed by atoms with Gasteiger partial charge in [0.1, 0.15) is 11.6 Å². The third-order valence-corrected chi connectivity index (χ3v) is 7.86. The van der Waals surface area contributed by atoms with Gasteiger partial charge in [-0.1, -0.05) is 48.5 Å². The van der Waals surface area contributed by atoms with Crippen molar-refractivity contribution in [1.29, 1.82) is 4.78 Å². The zero-order valence-electron chi connectivity index (χ0n) is 22.7. The minimum atomic E-state index is -2.17. The number of hydrogen-bond donors (Lipinski definition) is 4. The van der Waals surface area contributed by atoms with Gasteiger partial charge in [0.2, 0.25) is 5.95 Å². The number of likely N-dealkylation sites (tertiary alicyclic amines) is 1. The van der Waals surface area contributed by atoms with Gasteiger partial charge >= 0.3 is 0 Å². The van der Waals surface area contributed by atoms with Crippen LogP contribution in [0.1, 0.15) is 25.3 Å². The Kier molecular flexibility index (Phi) is 9.26. The molecule has 40 heavy (non-hydrogen) atoms. The predicted molar refractivity (Wildman–Crippen MR) is 162 cm³/mol. The average Bonchev–Trinajstić information content (AvgIpc) is 2.98. The molecule has 0 bridgehead atoms. The molecule has 0 aliphatic carbocycles. The smallest absolute Gasteiger partial charge is 0.229 e. The second-order valence-corrected chi connectivity index (χ2v) is 11.1. The Balaban J connectivity index is 1.30. The first-order chi connectivity index (χ1) is 19.6. The molecule has 1 aliphatic rings. The van der Waals surface area contributed by atoms with E-state index in [2.05, 4.69) is 50.8 Å². The fraction of sp³-hybridized carbons (Fsp3) is 0.290. The molecule has 1 aromatic heterocycles. The van der Waals surface area contributed by atoms with E-state index in [1.807, 2.05) is 43.5 Å². The van der Waals surface area contributed by atoms with Gasteiger partial charge in [-0.15, -0.1) is 0 Å². The normalized spacial score (nSPS) is 14.9. The van der Waals surface area contributed by atoms with E-state index in [1.54, 1.807) is 18.2 Å². The average molecular weight is 557 g/mol. The summed E-state index contributed by atoms with van der Waals surface area (Å²) in [5.41, 5.74) is 3.97. The Morgan fingerprint density at radius 3 is 2.52 bits per heavy atom. The van der Waals surface area contributed by atoms with Gasteiger partial charge in [0, 0.05) is 35.4 Å². The Morgan fingerprint density at radius 2 is 1.80 bits per heavy atom. The van der Waals surface area contributed by atoms with Gasteiger partial charge in [-0.25, -0.2) is 9.19 Å². The van der Waals surface area contributed by atoms with E-state index in [0.29, 0.717) is 29.1 Å². The van der Waals surface area contributed by atoms with Crippen LogP contribution in [0.25, 0.3) is 11.1 Å². The van der Waals surface area contributed by atoms with Crippen LogP contribution < -0.4 is 15.4 Å². The van der Waals surface area contributed by atoms with E-state index in [-0.39, 0.29) is 0 Å². The molecule has 3 N–H and O–H groups in total. The molecule has 0 amide bonds. The zero-order valence-corrected chi connectivity index (χ0v) is 23.6. The SMILES string of the molecule is CCOc1ccc(-c2cnc(Nc3cccc([SH](=N)=O)c3)nc2NCC2CCN(Cc3ccccc3)CC2)cc1. The van der Waals surface area contributed by atoms with E-state index in [4.69, 9.17) is 14.5 Å². The molecule has 208 valence electrons. The summed E-state index contributed by atoms with van der Waals surface area (Å²) in [6.07, 6.45) is 4.09. The highest BCUT2D eigenvalue weighted by atomic mass is 32.2. The summed E-state index contributed by atoms with van der Waals surface area (Å²) >= 11 is 0. The van der Waals surface area contributed by atoms with Crippen LogP contribution >= 0.6 is 0 Å². The Morgan fingerprint density at radius 1 is 1.02 bits per heavy atom. The number of ether oxygens (including phenoxy) is 1. The van der Waals surface area contributed by atoms with Crippen LogP contribution in [0.3, 0.4) is 0 Å². The van der Waals surface area contributed by atoms with Crippen LogP contribution in [0.2, 0.25) is 0 Å². The molecular weight excluding hydrogens is 520 g/mol. The fourth-order valence-electron chi connectivity index (χ4n) is 4.96. The number of nitrogens with one attached hydrogen (secondary N) is 3. The van der Waals surface area contributed by atoms with Gasteiger partial charge in [0.15, 0.2) is 0 Å². The van der Waals surface area contributed by atoms with Crippen LogP contribution in [-0.4, -0.2) is 45.3 Å². The lowest BCUT2D eigenvalue weighted by Crippen LogP contribution is -2.35. The highest BCUT2D eigenvalue weighted by Gasteiger charge is 2.20. The number of anilines is 3. The molecular formula is C31H36N6O2S. The standard InChI is InChI=1S/C31H36N6O2S/c1-2-39-27-13-11-25(12-14-27)29-21-34-31(35-26-9-6-10-28(19-26)40(32)38)36-30(29)33-20-23-15-17-37(18-16-23)22-24-7-4-3-5-8-24/h3-14,19,21,23,32,40H,2,15-18,20,22H2,1H3,(H2,33,34,35,36). The minimum absolute atomic E-state index is 0.437. The number of aromatic nitrogens is 2. The van der Waals surface area contributed by atoms with E-state index < -0.39 is 10.6 Å². The van der Waals surface area contributed by atoms with Crippen molar-refractivity contribution in [3.8, 4) is 16.9 Å². The highest BCUT2D eigenvalue weighted by molar-refractivity contribution is 7.73. The van der Waals surface area contributed by atoms with Crippen LogP contribution in [0.15, 0.2) is 90.0 Å². The molecule has 8 nitrogen and oxygen atoms in total. The van der Waals surface area contributed by atoms with Gasteiger partial charge in [-0.2, -0.15) is 4.98 Å². The van der Waals surface area contributed by atoms with E-state index in [0.717, 1.165) is 61.7 Å². The first kappa shape index (κ1) is 27.6. The van der Waals surface area contributed by atoms with Crippen molar-refractivity contribution in [2.24, 2.45) is 5.92 Å². The summed E-state index contributed by atoms with van der Waals surface area (Å²) in [5, 5.41) is 6.83. The number of hydrogen-bond acceptors (Lipinski definition) is 8.